The van der Waals surface area contributed by atoms with Gasteiger partial charge in [-0.15, -0.1) is 0 Å². The Balaban J connectivity index is 2.48. The van der Waals surface area contributed by atoms with E-state index in [0.717, 1.165) is 17.2 Å². The molecule has 0 fully saturated rings. The van der Waals surface area contributed by atoms with Gasteiger partial charge in [0.15, 0.2) is 0 Å². The lowest BCUT2D eigenvalue weighted by Crippen LogP contribution is -2.02. The highest BCUT2D eigenvalue weighted by Crippen LogP contribution is 2.24. The number of benzene rings is 1. The molecule has 0 spiro atoms. The molecule has 0 bridgehead atoms. The van der Waals surface area contributed by atoms with Crippen LogP contribution in [0.5, 0.6) is 0 Å². The Bertz CT molecular complexity index is 512. The molecule has 1 aromatic carbocycles. The molecule has 1 N–H and O–H groups in total. The first-order valence-corrected chi connectivity index (χ1v) is 5.83. The second kappa shape index (κ2) is 4.72. The molecule has 0 aliphatic rings. The lowest BCUT2D eigenvalue weighted by molar-refractivity contribution is 0.295. The fourth-order valence-electron chi connectivity index (χ4n) is 2.13. The summed E-state index contributed by atoms with van der Waals surface area (Å²) >= 11 is 0. The molecular formula is C14H18N2O. The third-order valence-corrected chi connectivity index (χ3v) is 3.02. The Hall–Kier alpha value is -1.61. The van der Waals surface area contributed by atoms with Gasteiger partial charge in [0, 0.05) is 19.0 Å². The van der Waals surface area contributed by atoms with Gasteiger partial charge in [0.1, 0.15) is 5.82 Å². The summed E-state index contributed by atoms with van der Waals surface area (Å²) in [5.74, 6) is 0.931. The van der Waals surface area contributed by atoms with Gasteiger partial charge in [-0.05, 0) is 13.8 Å². The molecule has 2 rings (SSSR count). The predicted molar refractivity (Wildman–Crippen MR) is 68.9 cm³/mol. The van der Waals surface area contributed by atoms with Crippen molar-refractivity contribution in [3.8, 4) is 11.3 Å². The molecule has 3 heteroatoms. The summed E-state index contributed by atoms with van der Waals surface area (Å²) < 4.78 is 2.07. The van der Waals surface area contributed by atoms with Crippen molar-refractivity contribution in [2.75, 3.05) is 6.61 Å². The zero-order chi connectivity index (χ0) is 12.4. The first-order chi connectivity index (χ1) is 8.13. The van der Waals surface area contributed by atoms with Crippen LogP contribution in [0.3, 0.4) is 0 Å². The van der Waals surface area contributed by atoms with E-state index in [1.807, 2.05) is 14.0 Å². The molecule has 0 amide bonds. The molecule has 0 radical (unpaired) electrons. The predicted octanol–water partition coefficient (Wildman–Crippen LogP) is 2.24. The summed E-state index contributed by atoms with van der Waals surface area (Å²) in [5, 5.41) is 9.00. The Kier molecular flexibility index (Phi) is 3.29. The number of aromatic nitrogens is 2. The lowest BCUT2D eigenvalue weighted by Gasteiger charge is -2.06. The molecule has 0 unspecified atom stereocenters. The minimum Gasteiger partial charge on any atom is -0.396 e. The maximum atomic E-state index is 9.00. The quantitative estimate of drug-likeness (QED) is 0.878. The summed E-state index contributed by atoms with van der Waals surface area (Å²) in [7, 11) is 2.00. The van der Waals surface area contributed by atoms with Crippen LogP contribution in [0.2, 0.25) is 0 Å². The molecule has 3 nitrogen and oxygen atoms in total. The Morgan fingerprint density at radius 3 is 2.41 bits per heavy atom. The fraction of sp³-hybridized carbons (Fsp3) is 0.357. The van der Waals surface area contributed by atoms with Crippen molar-refractivity contribution in [2.24, 2.45) is 7.05 Å². The van der Waals surface area contributed by atoms with Gasteiger partial charge in [0.2, 0.25) is 0 Å². The summed E-state index contributed by atoms with van der Waals surface area (Å²) in [6, 6.07) is 8.44. The average Bonchev–Trinajstić information content (AvgIpc) is 2.57. The van der Waals surface area contributed by atoms with E-state index in [2.05, 4.69) is 40.7 Å². The van der Waals surface area contributed by atoms with Crippen LogP contribution < -0.4 is 0 Å². The standard InChI is InChI=1S/C14H18N2O/c1-10-4-6-12(7-5-10)14-11(2)15-13(8-9-17)16(14)3/h4-7,17H,8-9H2,1-3H3. The van der Waals surface area contributed by atoms with Crippen LogP contribution in [-0.4, -0.2) is 21.3 Å². The minimum absolute atomic E-state index is 0.137. The van der Waals surface area contributed by atoms with E-state index in [-0.39, 0.29) is 6.61 Å². The van der Waals surface area contributed by atoms with E-state index in [1.54, 1.807) is 0 Å². The van der Waals surface area contributed by atoms with E-state index < -0.39 is 0 Å². The second-order valence-corrected chi connectivity index (χ2v) is 4.36. The first-order valence-electron chi connectivity index (χ1n) is 5.83. The molecular weight excluding hydrogens is 212 g/mol. The van der Waals surface area contributed by atoms with Gasteiger partial charge in [-0.3, -0.25) is 0 Å². The summed E-state index contributed by atoms with van der Waals surface area (Å²) in [6.07, 6.45) is 0.600. The van der Waals surface area contributed by atoms with Crippen LogP contribution in [0.15, 0.2) is 24.3 Å². The topological polar surface area (TPSA) is 38.1 Å². The average molecular weight is 230 g/mol. The molecule has 0 aliphatic heterocycles. The summed E-state index contributed by atoms with van der Waals surface area (Å²) in [4.78, 5) is 4.50. The fourth-order valence-corrected chi connectivity index (χ4v) is 2.13. The third-order valence-electron chi connectivity index (χ3n) is 3.02. The van der Waals surface area contributed by atoms with Crippen molar-refractivity contribution in [3.05, 3.63) is 41.3 Å². The number of hydrogen-bond donors (Lipinski definition) is 1. The SMILES string of the molecule is Cc1ccc(-c2c(C)nc(CCO)n2C)cc1. The molecule has 1 heterocycles. The smallest absolute Gasteiger partial charge is 0.111 e. The third kappa shape index (κ3) is 2.24. The number of rotatable bonds is 3. The minimum atomic E-state index is 0.137. The number of nitrogens with zero attached hydrogens (tertiary/aromatic N) is 2. The Labute approximate surface area is 102 Å². The first kappa shape index (κ1) is 11.9. The molecule has 0 saturated carbocycles. The molecule has 2 aromatic rings. The normalized spacial score (nSPS) is 10.8. The van der Waals surface area contributed by atoms with Crippen molar-refractivity contribution in [1.82, 2.24) is 9.55 Å². The van der Waals surface area contributed by atoms with Crippen LogP contribution in [0.1, 0.15) is 17.1 Å². The highest BCUT2D eigenvalue weighted by molar-refractivity contribution is 5.63. The van der Waals surface area contributed by atoms with Crippen molar-refractivity contribution in [2.45, 2.75) is 20.3 Å². The van der Waals surface area contributed by atoms with Crippen molar-refractivity contribution >= 4 is 0 Å². The maximum Gasteiger partial charge on any atom is 0.111 e. The largest absolute Gasteiger partial charge is 0.396 e. The van der Waals surface area contributed by atoms with Crippen molar-refractivity contribution < 1.29 is 5.11 Å². The Morgan fingerprint density at radius 1 is 1.18 bits per heavy atom. The van der Waals surface area contributed by atoms with Crippen LogP contribution in [0.25, 0.3) is 11.3 Å². The van der Waals surface area contributed by atoms with E-state index in [0.29, 0.717) is 6.42 Å². The molecule has 0 saturated heterocycles. The van der Waals surface area contributed by atoms with Gasteiger partial charge in [-0.1, -0.05) is 29.8 Å². The highest BCUT2D eigenvalue weighted by atomic mass is 16.3. The van der Waals surface area contributed by atoms with E-state index in [9.17, 15) is 0 Å². The molecule has 0 aliphatic carbocycles. The van der Waals surface area contributed by atoms with Crippen molar-refractivity contribution in [3.63, 3.8) is 0 Å². The van der Waals surface area contributed by atoms with Gasteiger partial charge in [-0.2, -0.15) is 0 Å². The monoisotopic (exact) mass is 230 g/mol. The molecule has 17 heavy (non-hydrogen) atoms. The van der Waals surface area contributed by atoms with Crippen LogP contribution in [0.4, 0.5) is 0 Å². The van der Waals surface area contributed by atoms with E-state index in [1.165, 1.54) is 11.1 Å². The van der Waals surface area contributed by atoms with Gasteiger partial charge < -0.3 is 9.67 Å². The summed E-state index contributed by atoms with van der Waals surface area (Å²) in [5.41, 5.74) is 4.57. The number of aliphatic hydroxyl groups excluding tert-OH is 1. The van der Waals surface area contributed by atoms with Crippen LogP contribution in [-0.2, 0) is 13.5 Å². The molecule has 1 aromatic heterocycles. The highest BCUT2D eigenvalue weighted by Gasteiger charge is 2.12. The van der Waals surface area contributed by atoms with Crippen LogP contribution in [0, 0.1) is 13.8 Å². The Morgan fingerprint density at radius 2 is 1.82 bits per heavy atom. The molecule has 0 atom stereocenters. The number of aryl methyl sites for hydroxylation is 2. The lowest BCUT2D eigenvalue weighted by atomic mass is 10.1. The molecule has 90 valence electrons. The number of hydrogen-bond acceptors (Lipinski definition) is 2. The number of aliphatic hydroxyl groups is 1. The van der Waals surface area contributed by atoms with Gasteiger partial charge in [0.25, 0.3) is 0 Å². The van der Waals surface area contributed by atoms with Gasteiger partial charge >= 0.3 is 0 Å². The van der Waals surface area contributed by atoms with Crippen LogP contribution >= 0.6 is 0 Å². The maximum absolute atomic E-state index is 9.00. The zero-order valence-electron chi connectivity index (χ0n) is 10.6. The van der Waals surface area contributed by atoms with Gasteiger partial charge in [0.05, 0.1) is 18.0 Å². The van der Waals surface area contributed by atoms with Gasteiger partial charge in [-0.25, -0.2) is 4.98 Å². The zero-order valence-corrected chi connectivity index (χ0v) is 10.6. The summed E-state index contributed by atoms with van der Waals surface area (Å²) in [6.45, 7) is 4.23. The second-order valence-electron chi connectivity index (χ2n) is 4.36. The van der Waals surface area contributed by atoms with E-state index in [4.69, 9.17) is 5.11 Å². The van der Waals surface area contributed by atoms with E-state index >= 15 is 0 Å². The van der Waals surface area contributed by atoms with Crippen molar-refractivity contribution in [1.29, 1.82) is 0 Å². The number of imidazole rings is 1.